The van der Waals surface area contributed by atoms with E-state index in [2.05, 4.69) is 4.98 Å². The quantitative estimate of drug-likeness (QED) is 0.363. The van der Waals surface area contributed by atoms with Crippen LogP contribution in [0, 0.1) is 5.82 Å². The number of aromatic nitrogens is 1. The first-order chi connectivity index (χ1) is 17.0. The van der Waals surface area contributed by atoms with Crippen LogP contribution in [0.4, 0.5) is 4.39 Å². The van der Waals surface area contributed by atoms with E-state index in [9.17, 15) is 14.3 Å². The van der Waals surface area contributed by atoms with Crippen molar-refractivity contribution in [2.45, 2.75) is 63.7 Å². The maximum atomic E-state index is 13.5. The molecule has 3 aromatic rings. The normalized spacial score (nSPS) is 15.3. The predicted octanol–water partition coefficient (Wildman–Crippen LogP) is 5.50. The van der Waals surface area contributed by atoms with E-state index in [0.717, 1.165) is 18.4 Å². The zero-order valence-corrected chi connectivity index (χ0v) is 21.2. The van der Waals surface area contributed by atoms with E-state index in [-0.39, 0.29) is 30.5 Å². The second-order valence-electron chi connectivity index (χ2n) is 10.2. The van der Waals surface area contributed by atoms with Gasteiger partial charge in [0.05, 0.1) is 24.6 Å². The van der Waals surface area contributed by atoms with E-state index in [0.29, 0.717) is 34.0 Å². The molecule has 1 fully saturated rings. The van der Waals surface area contributed by atoms with Gasteiger partial charge in [-0.05, 0) is 100 Å². The molecule has 0 amide bonds. The average molecular weight is 493 g/mol. The zero-order chi connectivity index (χ0) is 26.1. The monoisotopic (exact) mass is 492 g/mol. The predicted molar refractivity (Wildman–Crippen MR) is 137 cm³/mol. The Morgan fingerprint density at radius 2 is 1.78 bits per heavy atom. The van der Waals surface area contributed by atoms with Crippen LogP contribution in [0.15, 0.2) is 54.6 Å². The number of nitrogens with two attached hydrogens (primary N) is 1. The molecule has 3 N–H and O–H groups in total. The van der Waals surface area contributed by atoms with Crippen LogP contribution in [-0.4, -0.2) is 29.1 Å². The summed E-state index contributed by atoms with van der Waals surface area (Å²) in [5.41, 5.74) is 7.21. The van der Waals surface area contributed by atoms with Gasteiger partial charge in [-0.15, -0.1) is 0 Å². The highest BCUT2D eigenvalue weighted by atomic mass is 19.1. The van der Waals surface area contributed by atoms with Crippen LogP contribution in [0.1, 0.15) is 68.1 Å². The van der Waals surface area contributed by atoms with E-state index in [1.54, 1.807) is 50.4 Å². The largest absolute Gasteiger partial charge is 0.493 e. The van der Waals surface area contributed by atoms with Crippen LogP contribution < -0.4 is 15.2 Å². The molecule has 0 bridgehead atoms. The molecule has 36 heavy (non-hydrogen) atoms. The van der Waals surface area contributed by atoms with Crippen LogP contribution in [0.2, 0.25) is 0 Å². The molecule has 0 spiro atoms. The minimum Gasteiger partial charge on any atom is -0.493 e. The minimum absolute atomic E-state index is 0.1000. The van der Waals surface area contributed by atoms with Gasteiger partial charge in [0.1, 0.15) is 11.4 Å². The number of carbonyl (C=O) groups is 1. The molecule has 4 rings (SSSR count). The highest BCUT2D eigenvalue weighted by Crippen LogP contribution is 2.35. The number of nitrogens with zero attached hydrogens (tertiary/aromatic N) is 1. The Balaban J connectivity index is 1.56. The fraction of sp³-hybridized carbons (Fsp3) is 0.379. The average Bonchev–Trinajstić information content (AvgIpc) is 3.66. The molecule has 190 valence electrons. The lowest BCUT2D eigenvalue weighted by molar-refractivity contribution is 0.0396. The lowest BCUT2D eigenvalue weighted by Crippen LogP contribution is -2.31. The van der Waals surface area contributed by atoms with Crippen molar-refractivity contribution in [3.63, 3.8) is 0 Å². The minimum atomic E-state index is -1.40. The maximum Gasteiger partial charge on any atom is 0.163 e. The van der Waals surface area contributed by atoms with Crippen molar-refractivity contribution in [3.05, 3.63) is 77.2 Å². The van der Waals surface area contributed by atoms with Crippen LogP contribution in [0.5, 0.6) is 11.5 Å². The summed E-state index contributed by atoms with van der Waals surface area (Å²) in [7, 11) is 1.55. The Kier molecular flexibility index (Phi) is 7.16. The SMILES string of the molecule is COc1cc(C(=O)CC[C@@](C)(O)c2cc(C(C)(C)N)cc(-c3ccc(F)cc3)n2)ccc1OC1CC1. The number of hydrogen-bond donors (Lipinski definition) is 2. The molecular formula is C29H33FN2O4. The van der Waals surface area contributed by atoms with Gasteiger partial charge in [-0.2, -0.15) is 0 Å². The number of aliphatic hydroxyl groups is 1. The van der Waals surface area contributed by atoms with E-state index in [4.69, 9.17) is 15.2 Å². The number of pyridine rings is 1. The number of carbonyl (C=O) groups excluding carboxylic acids is 1. The molecule has 1 aliphatic carbocycles. The molecule has 1 aromatic heterocycles. The Morgan fingerprint density at radius 1 is 1.08 bits per heavy atom. The number of ketones is 1. The van der Waals surface area contributed by atoms with Crippen LogP contribution in [0.25, 0.3) is 11.3 Å². The molecule has 0 radical (unpaired) electrons. The molecular weight excluding hydrogens is 459 g/mol. The smallest absolute Gasteiger partial charge is 0.163 e. The summed E-state index contributed by atoms with van der Waals surface area (Å²) >= 11 is 0. The molecule has 0 unspecified atom stereocenters. The van der Waals surface area contributed by atoms with E-state index in [1.807, 2.05) is 19.9 Å². The van der Waals surface area contributed by atoms with Gasteiger partial charge in [0.2, 0.25) is 0 Å². The highest BCUT2D eigenvalue weighted by molar-refractivity contribution is 5.96. The summed E-state index contributed by atoms with van der Waals surface area (Å²) < 4.78 is 24.7. The number of benzene rings is 2. The first kappa shape index (κ1) is 25.8. The molecule has 6 nitrogen and oxygen atoms in total. The van der Waals surface area contributed by atoms with Crippen LogP contribution >= 0.6 is 0 Å². The molecule has 1 heterocycles. The van der Waals surface area contributed by atoms with Gasteiger partial charge in [-0.25, -0.2) is 9.37 Å². The van der Waals surface area contributed by atoms with E-state index < -0.39 is 11.1 Å². The zero-order valence-electron chi connectivity index (χ0n) is 21.2. The summed E-state index contributed by atoms with van der Waals surface area (Å²) in [5.74, 6) is 0.675. The molecule has 1 atom stereocenters. The third kappa shape index (κ3) is 6.09. The molecule has 1 saturated carbocycles. The van der Waals surface area contributed by atoms with Crippen molar-refractivity contribution in [1.29, 1.82) is 0 Å². The topological polar surface area (TPSA) is 94.7 Å². The summed E-state index contributed by atoms with van der Waals surface area (Å²) in [6.07, 6.45) is 2.52. The number of Topliss-reactive ketones (excluding diaryl/α,β-unsaturated/α-hetero) is 1. The van der Waals surface area contributed by atoms with Crippen molar-refractivity contribution in [3.8, 4) is 22.8 Å². The fourth-order valence-corrected chi connectivity index (χ4v) is 3.88. The Morgan fingerprint density at radius 3 is 2.39 bits per heavy atom. The molecule has 1 aliphatic rings. The van der Waals surface area contributed by atoms with E-state index in [1.165, 1.54) is 12.1 Å². The van der Waals surface area contributed by atoms with Crippen LogP contribution in [-0.2, 0) is 11.1 Å². The highest BCUT2D eigenvalue weighted by Gasteiger charge is 2.29. The Hall–Kier alpha value is -3.29. The van der Waals surface area contributed by atoms with Crippen LogP contribution in [0.3, 0.4) is 0 Å². The summed E-state index contributed by atoms with van der Waals surface area (Å²) in [4.78, 5) is 17.7. The van der Waals surface area contributed by atoms with Gasteiger partial charge in [0.15, 0.2) is 17.3 Å². The summed E-state index contributed by atoms with van der Waals surface area (Å²) in [6, 6.07) is 14.8. The number of halogens is 1. The second kappa shape index (κ2) is 9.99. The Bertz CT molecular complexity index is 1250. The third-order valence-corrected chi connectivity index (χ3v) is 6.40. The molecule has 7 heteroatoms. The first-order valence-corrected chi connectivity index (χ1v) is 12.1. The van der Waals surface area contributed by atoms with Crippen molar-refractivity contribution in [1.82, 2.24) is 4.98 Å². The third-order valence-electron chi connectivity index (χ3n) is 6.40. The van der Waals surface area contributed by atoms with Gasteiger partial charge in [0.25, 0.3) is 0 Å². The first-order valence-electron chi connectivity index (χ1n) is 12.1. The number of methoxy groups -OCH3 is 1. The number of ether oxygens (including phenoxy) is 2. The second-order valence-corrected chi connectivity index (χ2v) is 10.2. The maximum absolute atomic E-state index is 13.5. The molecule has 0 saturated heterocycles. The van der Waals surface area contributed by atoms with Crippen molar-refractivity contribution < 1.29 is 23.8 Å². The summed E-state index contributed by atoms with van der Waals surface area (Å²) in [6.45, 7) is 5.36. The lowest BCUT2D eigenvalue weighted by Gasteiger charge is -2.27. The van der Waals surface area contributed by atoms with Crippen molar-refractivity contribution in [2.24, 2.45) is 5.73 Å². The standard InChI is InChI=1S/C29H33FN2O4/c1-28(2,31)20-16-23(18-5-8-21(30)9-6-18)32-27(17-20)29(3,34)14-13-24(33)19-7-12-25(26(15-19)35-4)36-22-10-11-22/h5-9,12,15-17,22,34H,10-11,13-14,31H2,1-4H3/t29-/m1/s1. The van der Waals surface area contributed by atoms with Crippen molar-refractivity contribution in [2.75, 3.05) is 7.11 Å². The van der Waals surface area contributed by atoms with E-state index >= 15 is 0 Å². The van der Waals surface area contributed by atoms with Gasteiger partial charge in [-0.3, -0.25) is 4.79 Å². The molecule has 2 aromatic carbocycles. The van der Waals surface area contributed by atoms with Crippen molar-refractivity contribution >= 4 is 5.78 Å². The number of rotatable bonds is 10. The summed E-state index contributed by atoms with van der Waals surface area (Å²) in [5, 5.41) is 11.4. The fourth-order valence-electron chi connectivity index (χ4n) is 3.88. The van der Waals surface area contributed by atoms with Gasteiger partial charge in [0, 0.05) is 23.1 Å². The number of hydrogen-bond acceptors (Lipinski definition) is 6. The molecule has 0 aliphatic heterocycles. The lowest BCUT2D eigenvalue weighted by atomic mass is 9.88. The van der Waals surface area contributed by atoms with Gasteiger partial charge in [-0.1, -0.05) is 0 Å². The van der Waals surface area contributed by atoms with Gasteiger partial charge >= 0.3 is 0 Å². The Labute approximate surface area is 211 Å². The van der Waals surface area contributed by atoms with Gasteiger partial charge < -0.3 is 20.3 Å².